The second kappa shape index (κ2) is 4.58. The highest BCUT2D eigenvalue weighted by molar-refractivity contribution is 9.10. The summed E-state index contributed by atoms with van der Waals surface area (Å²) in [5, 5.41) is 12.2. The number of anilines is 1. The van der Waals surface area contributed by atoms with Crippen LogP contribution in [0.5, 0.6) is 0 Å². The molecule has 0 saturated carbocycles. The molecule has 0 spiro atoms. The van der Waals surface area contributed by atoms with E-state index in [0.29, 0.717) is 6.04 Å². The molecule has 0 aliphatic heterocycles. The van der Waals surface area contributed by atoms with Gasteiger partial charge in [0.1, 0.15) is 5.82 Å². The largest absolute Gasteiger partial charge is 0.392 e. The Balaban J connectivity index is 2.92. The van der Waals surface area contributed by atoms with Crippen LogP contribution in [0.3, 0.4) is 0 Å². The smallest absolute Gasteiger partial charge is 0.131 e. The van der Waals surface area contributed by atoms with Crippen LogP contribution in [0.15, 0.2) is 16.7 Å². The van der Waals surface area contributed by atoms with Crippen LogP contribution in [0.25, 0.3) is 0 Å². The molecule has 1 heterocycles. The summed E-state index contributed by atoms with van der Waals surface area (Å²) >= 11 is 3.30. The maximum Gasteiger partial charge on any atom is 0.131 e. The summed E-state index contributed by atoms with van der Waals surface area (Å²) in [6, 6.07) is 2.18. The van der Waals surface area contributed by atoms with Crippen molar-refractivity contribution < 1.29 is 5.11 Å². The Morgan fingerprint density at radius 3 is 2.85 bits per heavy atom. The molecule has 0 fully saturated rings. The predicted octanol–water partition coefficient (Wildman–Crippen LogP) is 2.16. The molecule has 0 aliphatic rings. The first-order valence-corrected chi connectivity index (χ1v) is 4.94. The zero-order valence-electron chi connectivity index (χ0n) is 7.71. The second-order valence-electron chi connectivity index (χ2n) is 3.12. The van der Waals surface area contributed by atoms with Gasteiger partial charge >= 0.3 is 0 Å². The van der Waals surface area contributed by atoms with Crippen molar-refractivity contribution in [3.05, 3.63) is 22.3 Å². The van der Waals surface area contributed by atoms with Gasteiger partial charge in [-0.1, -0.05) is 0 Å². The quantitative estimate of drug-likeness (QED) is 0.857. The Morgan fingerprint density at radius 1 is 1.62 bits per heavy atom. The van der Waals surface area contributed by atoms with E-state index in [2.05, 4.69) is 26.2 Å². The summed E-state index contributed by atoms with van der Waals surface area (Å²) in [6.07, 6.45) is 1.71. The number of hydrogen-bond acceptors (Lipinski definition) is 3. The molecule has 0 aromatic carbocycles. The van der Waals surface area contributed by atoms with Crippen molar-refractivity contribution in [3.8, 4) is 0 Å². The number of pyridine rings is 1. The van der Waals surface area contributed by atoms with Crippen LogP contribution in [0.4, 0.5) is 5.82 Å². The Labute approximate surface area is 86.3 Å². The van der Waals surface area contributed by atoms with Crippen LogP contribution in [0, 0.1) is 0 Å². The van der Waals surface area contributed by atoms with E-state index in [9.17, 15) is 0 Å². The first kappa shape index (κ1) is 10.5. The van der Waals surface area contributed by atoms with Gasteiger partial charge in [0.2, 0.25) is 0 Å². The molecule has 2 N–H and O–H groups in total. The Hall–Kier alpha value is -0.610. The molecular formula is C9H13BrN2O. The molecule has 1 aromatic rings. The maximum absolute atomic E-state index is 9.05. The van der Waals surface area contributed by atoms with Crippen molar-refractivity contribution in [2.45, 2.75) is 26.5 Å². The minimum atomic E-state index is 0.00148. The third-order valence-corrected chi connectivity index (χ3v) is 1.96. The summed E-state index contributed by atoms with van der Waals surface area (Å²) in [5.41, 5.74) is 0.808. The maximum atomic E-state index is 9.05. The fourth-order valence-corrected chi connectivity index (χ4v) is 1.38. The summed E-state index contributed by atoms with van der Waals surface area (Å²) in [6.45, 7) is 4.07. The molecular weight excluding hydrogens is 232 g/mol. The van der Waals surface area contributed by atoms with E-state index in [1.165, 1.54) is 0 Å². The van der Waals surface area contributed by atoms with E-state index in [1.54, 1.807) is 6.20 Å². The molecule has 0 saturated heterocycles. The molecule has 0 unspecified atom stereocenters. The molecule has 1 aromatic heterocycles. The van der Waals surface area contributed by atoms with Gasteiger partial charge in [-0.2, -0.15) is 0 Å². The molecule has 0 bridgehead atoms. The van der Waals surface area contributed by atoms with Gasteiger partial charge < -0.3 is 10.4 Å². The van der Waals surface area contributed by atoms with Crippen LogP contribution >= 0.6 is 15.9 Å². The minimum Gasteiger partial charge on any atom is -0.392 e. The molecule has 13 heavy (non-hydrogen) atoms. The van der Waals surface area contributed by atoms with E-state index in [1.807, 2.05) is 19.9 Å². The first-order valence-electron chi connectivity index (χ1n) is 4.15. The van der Waals surface area contributed by atoms with Crippen LogP contribution < -0.4 is 5.32 Å². The number of halogens is 1. The van der Waals surface area contributed by atoms with Gasteiger partial charge in [0.05, 0.1) is 6.61 Å². The van der Waals surface area contributed by atoms with Gasteiger partial charge in [-0.3, -0.25) is 0 Å². The van der Waals surface area contributed by atoms with Gasteiger partial charge in [0.15, 0.2) is 0 Å². The van der Waals surface area contributed by atoms with Gasteiger partial charge in [-0.15, -0.1) is 0 Å². The van der Waals surface area contributed by atoms with Gasteiger partial charge in [0.25, 0.3) is 0 Å². The zero-order chi connectivity index (χ0) is 9.84. The van der Waals surface area contributed by atoms with Gasteiger partial charge in [-0.05, 0) is 35.8 Å². The summed E-state index contributed by atoms with van der Waals surface area (Å²) in [4.78, 5) is 4.17. The average Bonchev–Trinajstić information content (AvgIpc) is 2.07. The lowest BCUT2D eigenvalue weighted by atomic mass is 10.2. The summed E-state index contributed by atoms with van der Waals surface area (Å²) < 4.78 is 0.880. The van der Waals surface area contributed by atoms with E-state index >= 15 is 0 Å². The molecule has 0 amide bonds. The lowest BCUT2D eigenvalue weighted by Crippen LogP contribution is -2.12. The monoisotopic (exact) mass is 244 g/mol. The second-order valence-corrected chi connectivity index (χ2v) is 4.03. The molecule has 0 radical (unpaired) electrons. The number of aromatic nitrogens is 1. The Bertz CT molecular complexity index is 289. The fourth-order valence-electron chi connectivity index (χ4n) is 1.01. The SMILES string of the molecule is CC(C)Nc1ncc(Br)cc1CO. The topological polar surface area (TPSA) is 45.2 Å². The molecule has 72 valence electrons. The van der Waals surface area contributed by atoms with E-state index in [0.717, 1.165) is 15.9 Å². The van der Waals surface area contributed by atoms with Crippen molar-refractivity contribution in [1.82, 2.24) is 4.98 Å². The van der Waals surface area contributed by atoms with Crippen LogP contribution in [0.1, 0.15) is 19.4 Å². The normalized spacial score (nSPS) is 10.5. The van der Waals surface area contributed by atoms with Crippen molar-refractivity contribution in [1.29, 1.82) is 0 Å². The number of rotatable bonds is 3. The fraction of sp³-hybridized carbons (Fsp3) is 0.444. The van der Waals surface area contributed by atoms with E-state index in [4.69, 9.17) is 5.11 Å². The Morgan fingerprint density at radius 2 is 2.31 bits per heavy atom. The molecule has 0 atom stereocenters. The average molecular weight is 245 g/mol. The Kier molecular flexibility index (Phi) is 3.69. The van der Waals surface area contributed by atoms with Gasteiger partial charge in [-0.25, -0.2) is 4.98 Å². The van der Waals surface area contributed by atoms with E-state index in [-0.39, 0.29) is 6.61 Å². The third kappa shape index (κ3) is 2.97. The number of hydrogen-bond donors (Lipinski definition) is 2. The molecule has 3 nitrogen and oxygen atoms in total. The standard InChI is InChI=1S/C9H13BrN2O/c1-6(2)12-9-7(5-13)3-8(10)4-11-9/h3-4,6,13H,5H2,1-2H3,(H,11,12). The third-order valence-electron chi connectivity index (χ3n) is 1.53. The molecule has 4 heteroatoms. The highest BCUT2D eigenvalue weighted by atomic mass is 79.9. The van der Waals surface area contributed by atoms with Crippen molar-refractivity contribution in [3.63, 3.8) is 0 Å². The highest BCUT2D eigenvalue weighted by Gasteiger charge is 2.04. The first-order chi connectivity index (χ1) is 6.13. The summed E-state index contributed by atoms with van der Waals surface area (Å²) in [5.74, 6) is 0.751. The van der Waals surface area contributed by atoms with Crippen molar-refractivity contribution >= 4 is 21.7 Å². The van der Waals surface area contributed by atoms with Crippen molar-refractivity contribution in [2.75, 3.05) is 5.32 Å². The molecule has 1 rings (SSSR count). The molecule has 0 aliphatic carbocycles. The summed E-state index contributed by atoms with van der Waals surface area (Å²) in [7, 11) is 0. The number of nitrogens with one attached hydrogen (secondary N) is 1. The predicted molar refractivity (Wildman–Crippen MR) is 56.6 cm³/mol. The lowest BCUT2D eigenvalue weighted by Gasteiger charge is -2.12. The number of aliphatic hydroxyl groups excluding tert-OH is 1. The highest BCUT2D eigenvalue weighted by Crippen LogP contribution is 2.18. The lowest BCUT2D eigenvalue weighted by molar-refractivity contribution is 0.282. The minimum absolute atomic E-state index is 0.00148. The van der Waals surface area contributed by atoms with Crippen LogP contribution in [-0.4, -0.2) is 16.1 Å². The number of aliphatic hydroxyl groups is 1. The van der Waals surface area contributed by atoms with Crippen LogP contribution in [-0.2, 0) is 6.61 Å². The van der Waals surface area contributed by atoms with Crippen LogP contribution in [0.2, 0.25) is 0 Å². The number of nitrogens with zero attached hydrogens (tertiary/aromatic N) is 1. The van der Waals surface area contributed by atoms with Gasteiger partial charge in [0, 0.05) is 22.3 Å². The van der Waals surface area contributed by atoms with Crippen molar-refractivity contribution in [2.24, 2.45) is 0 Å². The van der Waals surface area contributed by atoms with E-state index < -0.39 is 0 Å². The zero-order valence-corrected chi connectivity index (χ0v) is 9.30.